The second-order valence-corrected chi connectivity index (χ2v) is 5.36. The molecule has 0 atom stereocenters. The lowest BCUT2D eigenvalue weighted by Gasteiger charge is -2.11. The van der Waals surface area contributed by atoms with E-state index < -0.39 is 0 Å². The van der Waals surface area contributed by atoms with Crippen molar-refractivity contribution in [1.82, 2.24) is 15.3 Å². The van der Waals surface area contributed by atoms with Gasteiger partial charge in [0.1, 0.15) is 12.4 Å². The summed E-state index contributed by atoms with van der Waals surface area (Å²) in [4.78, 5) is 7.83. The summed E-state index contributed by atoms with van der Waals surface area (Å²) in [6, 6.07) is 13.7. The molecule has 0 spiro atoms. The number of benzene rings is 2. The monoisotopic (exact) mass is 327 g/mol. The van der Waals surface area contributed by atoms with Gasteiger partial charge in [-0.05, 0) is 29.8 Å². The van der Waals surface area contributed by atoms with Crippen LogP contribution in [0.15, 0.2) is 42.5 Å². The molecule has 0 bridgehead atoms. The van der Waals surface area contributed by atoms with Crippen molar-refractivity contribution >= 4 is 11.0 Å². The number of aliphatic hydroxyl groups is 1. The van der Waals surface area contributed by atoms with Gasteiger partial charge in [-0.15, -0.1) is 0 Å². The lowest BCUT2D eigenvalue weighted by Crippen LogP contribution is -2.14. The van der Waals surface area contributed by atoms with E-state index in [1.807, 2.05) is 42.5 Å². The first-order valence-electron chi connectivity index (χ1n) is 7.85. The molecule has 0 amide bonds. The number of para-hydroxylation sites is 2. The van der Waals surface area contributed by atoms with Crippen molar-refractivity contribution in [2.45, 2.75) is 13.1 Å². The van der Waals surface area contributed by atoms with Gasteiger partial charge in [0.2, 0.25) is 0 Å². The molecule has 2 aromatic carbocycles. The van der Waals surface area contributed by atoms with E-state index in [0.717, 1.165) is 22.4 Å². The predicted octanol–water partition coefficient (Wildman–Crippen LogP) is 2.23. The lowest BCUT2D eigenvalue weighted by molar-refractivity contribution is 0.196. The third kappa shape index (κ3) is 3.84. The number of methoxy groups -OCH3 is 1. The SMILES string of the molecule is COc1cc(CNCc2nc3ccccc3[nH]2)ccc1OCCO. The molecule has 1 aromatic heterocycles. The van der Waals surface area contributed by atoms with Crippen LogP contribution in [0.5, 0.6) is 11.5 Å². The van der Waals surface area contributed by atoms with Crippen LogP contribution in [0.25, 0.3) is 11.0 Å². The Morgan fingerprint density at radius 1 is 1.12 bits per heavy atom. The Hall–Kier alpha value is -2.57. The molecule has 0 saturated carbocycles. The Bertz CT molecular complexity index is 768. The van der Waals surface area contributed by atoms with Crippen molar-refractivity contribution in [1.29, 1.82) is 0 Å². The highest BCUT2D eigenvalue weighted by Crippen LogP contribution is 2.28. The lowest BCUT2D eigenvalue weighted by atomic mass is 10.2. The van der Waals surface area contributed by atoms with Gasteiger partial charge in [0.05, 0.1) is 31.3 Å². The largest absolute Gasteiger partial charge is 0.493 e. The fourth-order valence-electron chi connectivity index (χ4n) is 2.51. The van der Waals surface area contributed by atoms with Gasteiger partial charge in [-0.3, -0.25) is 0 Å². The number of rotatable bonds is 8. The van der Waals surface area contributed by atoms with Crippen LogP contribution in [-0.4, -0.2) is 35.4 Å². The maximum absolute atomic E-state index is 8.84. The number of aromatic amines is 1. The van der Waals surface area contributed by atoms with Crippen molar-refractivity contribution in [2.75, 3.05) is 20.3 Å². The second kappa shape index (κ2) is 7.81. The zero-order chi connectivity index (χ0) is 16.8. The van der Waals surface area contributed by atoms with Gasteiger partial charge >= 0.3 is 0 Å². The van der Waals surface area contributed by atoms with E-state index in [2.05, 4.69) is 15.3 Å². The maximum Gasteiger partial charge on any atom is 0.161 e. The summed E-state index contributed by atoms with van der Waals surface area (Å²) < 4.78 is 10.8. The minimum Gasteiger partial charge on any atom is -0.493 e. The van der Waals surface area contributed by atoms with E-state index in [1.54, 1.807) is 7.11 Å². The van der Waals surface area contributed by atoms with Gasteiger partial charge in [-0.2, -0.15) is 0 Å². The summed E-state index contributed by atoms with van der Waals surface area (Å²) in [5, 5.41) is 12.2. The van der Waals surface area contributed by atoms with Crippen molar-refractivity contribution in [2.24, 2.45) is 0 Å². The number of fused-ring (bicyclic) bond motifs is 1. The van der Waals surface area contributed by atoms with Gasteiger partial charge < -0.3 is 24.9 Å². The number of aliphatic hydroxyl groups excluding tert-OH is 1. The summed E-state index contributed by atoms with van der Waals surface area (Å²) in [5.74, 6) is 2.20. The van der Waals surface area contributed by atoms with Crippen LogP contribution >= 0.6 is 0 Å². The molecule has 6 heteroatoms. The van der Waals surface area contributed by atoms with Crippen LogP contribution in [0, 0.1) is 0 Å². The van der Waals surface area contributed by atoms with E-state index in [1.165, 1.54) is 0 Å². The normalized spacial score (nSPS) is 10.9. The summed E-state index contributed by atoms with van der Waals surface area (Å²) in [7, 11) is 1.60. The molecule has 0 unspecified atom stereocenters. The Labute approximate surface area is 140 Å². The number of hydrogen-bond acceptors (Lipinski definition) is 5. The molecule has 0 aliphatic rings. The number of nitrogens with zero attached hydrogens (tertiary/aromatic N) is 1. The van der Waals surface area contributed by atoms with Crippen molar-refractivity contribution in [3.05, 3.63) is 53.9 Å². The number of H-pyrrole nitrogens is 1. The van der Waals surface area contributed by atoms with Crippen molar-refractivity contribution in [3.63, 3.8) is 0 Å². The van der Waals surface area contributed by atoms with Gasteiger partial charge in [0.25, 0.3) is 0 Å². The minimum atomic E-state index is -0.0238. The number of nitrogens with one attached hydrogen (secondary N) is 2. The molecule has 0 aliphatic carbocycles. The van der Waals surface area contributed by atoms with E-state index >= 15 is 0 Å². The standard InChI is InChI=1S/C18H21N3O3/c1-23-17-10-13(6-7-16(17)24-9-8-22)11-19-12-18-20-14-4-2-3-5-15(14)21-18/h2-7,10,19,22H,8-9,11-12H2,1H3,(H,20,21). The Kier molecular flexibility index (Phi) is 5.30. The third-order valence-electron chi connectivity index (χ3n) is 3.64. The van der Waals surface area contributed by atoms with E-state index in [4.69, 9.17) is 14.6 Å². The van der Waals surface area contributed by atoms with Crippen LogP contribution in [0.1, 0.15) is 11.4 Å². The van der Waals surface area contributed by atoms with Crippen LogP contribution in [-0.2, 0) is 13.1 Å². The van der Waals surface area contributed by atoms with Crippen molar-refractivity contribution in [3.8, 4) is 11.5 Å². The van der Waals surface area contributed by atoms with Gasteiger partial charge in [0, 0.05) is 6.54 Å². The zero-order valence-corrected chi connectivity index (χ0v) is 13.6. The fraction of sp³-hybridized carbons (Fsp3) is 0.278. The molecule has 24 heavy (non-hydrogen) atoms. The fourth-order valence-corrected chi connectivity index (χ4v) is 2.51. The van der Waals surface area contributed by atoms with E-state index in [0.29, 0.717) is 24.6 Å². The molecule has 0 aliphatic heterocycles. The number of ether oxygens (including phenoxy) is 2. The van der Waals surface area contributed by atoms with Gasteiger partial charge in [-0.1, -0.05) is 18.2 Å². The molecular weight excluding hydrogens is 306 g/mol. The molecule has 3 N–H and O–H groups in total. The molecule has 0 saturated heterocycles. The highest BCUT2D eigenvalue weighted by Gasteiger charge is 2.06. The molecule has 6 nitrogen and oxygen atoms in total. The summed E-state index contributed by atoms with van der Waals surface area (Å²) >= 11 is 0. The van der Waals surface area contributed by atoms with E-state index in [9.17, 15) is 0 Å². The molecule has 0 fully saturated rings. The van der Waals surface area contributed by atoms with Crippen LogP contribution < -0.4 is 14.8 Å². The molecular formula is C18H21N3O3. The number of hydrogen-bond donors (Lipinski definition) is 3. The Morgan fingerprint density at radius 3 is 2.79 bits per heavy atom. The highest BCUT2D eigenvalue weighted by atomic mass is 16.5. The first kappa shape index (κ1) is 16.3. The summed E-state index contributed by atoms with van der Waals surface area (Å²) in [6.45, 7) is 1.57. The predicted molar refractivity (Wildman–Crippen MR) is 92.2 cm³/mol. The first-order valence-corrected chi connectivity index (χ1v) is 7.85. The van der Waals surface area contributed by atoms with Crippen molar-refractivity contribution < 1.29 is 14.6 Å². The van der Waals surface area contributed by atoms with Gasteiger partial charge in [-0.25, -0.2) is 4.98 Å². The third-order valence-corrected chi connectivity index (χ3v) is 3.64. The average molecular weight is 327 g/mol. The maximum atomic E-state index is 8.84. The smallest absolute Gasteiger partial charge is 0.161 e. The Morgan fingerprint density at radius 2 is 2.00 bits per heavy atom. The van der Waals surface area contributed by atoms with Crippen LogP contribution in [0.2, 0.25) is 0 Å². The van der Waals surface area contributed by atoms with E-state index in [-0.39, 0.29) is 13.2 Å². The first-order chi connectivity index (χ1) is 11.8. The molecule has 0 radical (unpaired) electrons. The topological polar surface area (TPSA) is 79.4 Å². The quantitative estimate of drug-likeness (QED) is 0.591. The molecule has 3 rings (SSSR count). The Balaban J connectivity index is 1.59. The van der Waals surface area contributed by atoms with Crippen LogP contribution in [0.4, 0.5) is 0 Å². The average Bonchev–Trinajstić information content (AvgIpc) is 3.03. The summed E-state index contributed by atoms with van der Waals surface area (Å²) in [6.07, 6.45) is 0. The molecule has 3 aromatic rings. The number of aromatic nitrogens is 2. The second-order valence-electron chi connectivity index (χ2n) is 5.36. The minimum absolute atomic E-state index is 0.0238. The highest BCUT2D eigenvalue weighted by molar-refractivity contribution is 5.74. The zero-order valence-electron chi connectivity index (χ0n) is 13.6. The van der Waals surface area contributed by atoms with Crippen LogP contribution in [0.3, 0.4) is 0 Å². The van der Waals surface area contributed by atoms with Gasteiger partial charge in [0.15, 0.2) is 11.5 Å². The molecule has 1 heterocycles. The summed E-state index contributed by atoms with van der Waals surface area (Å²) in [5.41, 5.74) is 3.10. The molecule has 126 valence electrons. The number of imidazole rings is 1.